The molecule has 3 heteroatoms. The van der Waals surface area contributed by atoms with Crippen LogP contribution in [0.15, 0.2) is 30.4 Å². The van der Waals surface area contributed by atoms with Crippen LogP contribution in [0.5, 0.6) is 5.75 Å². The van der Waals surface area contributed by atoms with E-state index in [1.165, 1.54) is 11.1 Å². The van der Waals surface area contributed by atoms with Crippen LogP contribution in [-0.4, -0.2) is 25.2 Å². The van der Waals surface area contributed by atoms with Gasteiger partial charge in [-0.3, -0.25) is 0 Å². The standard InChI is InChI=1S/C17H24N2O/c1-20-16-7-6-13-8-9-17(12-18,11-14(13)10-16)19-15-4-2-3-5-15/h2-3,6-7,10,15,19H,4-5,8-9,11-12,18H2,1H3. The van der Waals surface area contributed by atoms with Gasteiger partial charge in [-0.05, 0) is 55.4 Å². The molecule has 20 heavy (non-hydrogen) atoms. The zero-order valence-electron chi connectivity index (χ0n) is 12.2. The van der Waals surface area contributed by atoms with Crippen LogP contribution in [0.1, 0.15) is 30.4 Å². The molecule has 1 aromatic rings. The van der Waals surface area contributed by atoms with Gasteiger partial charge in [0.05, 0.1) is 7.11 Å². The van der Waals surface area contributed by atoms with E-state index in [-0.39, 0.29) is 5.54 Å². The molecule has 3 rings (SSSR count). The highest BCUT2D eigenvalue weighted by Crippen LogP contribution is 2.32. The molecular formula is C17H24N2O. The first-order valence-electron chi connectivity index (χ1n) is 7.53. The predicted octanol–water partition coefficient (Wildman–Crippen LogP) is 2.19. The Morgan fingerprint density at radius 3 is 2.80 bits per heavy atom. The van der Waals surface area contributed by atoms with Crippen molar-refractivity contribution in [2.24, 2.45) is 5.73 Å². The predicted molar refractivity (Wildman–Crippen MR) is 82.1 cm³/mol. The Morgan fingerprint density at radius 1 is 1.30 bits per heavy atom. The zero-order chi connectivity index (χ0) is 14.0. The van der Waals surface area contributed by atoms with Gasteiger partial charge in [0.1, 0.15) is 5.75 Å². The van der Waals surface area contributed by atoms with E-state index in [1.54, 1.807) is 7.11 Å². The summed E-state index contributed by atoms with van der Waals surface area (Å²) in [7, 11) is 1.73. The number of hydrogen-bond acceptors (Lipinski definition) is 3. The van der Waals surface area contributed by atoms with Gasteiger partial charge in [0.25, 0.3) is 0 Å². The summed E-state index contributed by atoms with van der Waals surface area (Å²) in [6, 6.07) is 6.99. The first kappa shape index (κ1) is 13.7. The molecule has 108 valence electrons. The molecule has 3 N–H and O–H groups in total. The third-order valence-corrected chi connectivity index (χ3v) is 4.72. The van der Waals surface area contributed by atoms with Gasteiger partial charge >= 0.3 is 0 Å². The Labute approximate surface area is 121 Å². The lowest BCUT2D eigenvalue weighted by molar-refractivity contribution is 0.261. The first-order chi connectivity index (χ1) is 9.74. The maximum atomic E-state index is 6.13. The smallest absolute Gasteiger partial charge is 0.119 e. The van der Waals surface area contributed by atoms with Gasteiger partial charge in [0.2, 0.25) is 0 Å². The van der Waals surface area contributed by atoms with Crippen molar-refractivity contribution in [1.82, 2.24) is 5.32 Å². The molecule has 0 saturated carbocycles. The number of aryl methyl sites for hydroxylation is 1. The van der Waals surface area contributed by atoms with Crippen molar-refractivity contribution in [3.63, 3.8) is 0 Å². The molecule has 3 nitrogen and oxygen atoms in total. The van der Waals surface area contributed by atoms with Gasteiger partial charge < -0.3 is 15.8 Å². The molecule has 0 bridgehead atoms. The molecule has 0 fully saturated rings. The third kappa shape index (κ3) is 2.60. The average Bonchev–Trinajstić information content (AvgIpc) is 2.99. The molecule has 1 aromatic carbocycles. The first-order valence-corrected chi connectivity index (χ1v) is 7.53. The number of ether oxygens (including phenoxy) is 1. The van der Waals surface area contributed by atoms with Gasteiger partial charge in [-0.2, -0.15) is 0 Å². The number of hydrogen-bond donors (Lipinski definition) is 2. The van der Waals surface area contributed by atoms with Gasteiger partial charge in [0, 0.05) is 18.1 Å². The minimum atomic E-state index is 0.0516. The van der Waals surface area contributed by atoms with Crippen molar-refractivity contribution in [3.05, 3.63) is 41.5 Å². The summed E-state index contributed by atoms with van der Waals surface area (Å²) in [6.07, 6.45) is 10.0. The van der Waals surface area contributed by atoms with Crippen LogP contribution < -0.4 is 15.8 Å². The highest BCUT2D eigenvalue weighted by atomic mass is 16.5. The topological polar surface area (TPSA) is 47.3 Å². The van der Waals surface area contributed by atoms with Gasteiger partial charge in [-0.15, -0.1) is 0 Å². The van der Waals surface area contributed by atoms with Crippen LogP contribution in [0, 0.1) is 0 Å². The van der Waals surface area contributed by atoms with E-state index in [9.17, 15) is 0 Å². The molecule has 0 aromatic heterocycles. The molecule has 1 atom stereocenters. The van der Waals surface area contributed by atoms with E-state index in [2.05, 4.69) is 35.7 Å². The molecule has 0 amide bonds. The third-order valence-electron chi connectivity index (χ3n) is 4.72. The van der Waals surface area contributed by atoms with Crippen LogP contribution in [0.2, 0.25) is 0 Å². The fourth-order valence-electron chi connectivity index (χ4n) is 3.49. The summed E-state index contributed by atoms with van der Waals surface area (Å²) in [5.41, 5.74) is 9.02. The lowest BCUT2D eigenvalue weighted by Crippen LogP contribution is -2.57. The van der Waals surface area contributed by atoms with Crippen molar-refractivity contribution >= 4 is 0 Å². The quantitative estimate of drug-likeness (QED) is 0.826. The summed E-state index contributed by atoms with van der Waals surface area (Å²) in [6.45, 7) is 0.695. The Hall–Kier alpha value is -1.32. The number of nitrogens with two attached hydrogens (primary N) is 1. The van der Waals surface area contributed by atoms with E-state index in [0.29, 0.717) is 12.6 Å². The Balaban J connectivity index is 1.80. The van der Waals surface area contributed by atoms with Crippen molar-refractivity contribution in [3.8, 4) is 5.75 Å². The fraction of sp³-hybridized carbons (Fsp3) is 0.529. The van der Waals surface area contributed by atoms with Crippen molar-refractivity contribution < 1.29 is 4.74 Å². The van der Waals surface area contributed by atoms with Crippen LogP contribution in [-0.2, 0) is 12.8 Å². The highest BCUT2D eigenvalue weighted by molar-refractivity contribution is 5.39. The summed E-state index contributed by atoms with van der Waals surface area (Å²) < 4.78 is 5.35. The maximum Gasteiger partial charge on any atom is 0.119 e. The molecular weight excluding hydrogens is 248 g/mol. The molecule has 1 unspecified atom stereocenters. The summed E-state index contributed by atoms with van der Waals surface area (Å²) in [5, 5.41) is 3.83. The highest BCUT2D eigenvalue weighted by Gasteiger charge is 2.35. The molecule has 0 spiro atoms. The number of fused-ring (bicyclic) bond motifs is 1. The second-order valence-corrected chi connectivity index (χ2v) is 6.08. The van der Waals surface area contributed by atoms with Crippen molar-refractivity contribution in [2.45, 2.75) is 43.7 Å². The fourth-order valence-corrected chi connectivity index (χ4v) is 3.49. The second kappa shape index (κ2) is 5.58. The van der Waals surface area contributed by atoms with E-state index >= 15 is 0 Å². The molecule has 0 aliphatic heterocycles. The number of benzene rings is 1. The van der Waals surface area contributed by atoms with Crippen LogP contribution in [0.3, 0.4) is 0 Å². The van der Waals surface area contributed by atoms with Gasteiger partial charge in [0.15, 0.2) is 0 Å². The summed E-state index contributed by atoms with van der Waals surface area (Å²) in [4.78, 5) is 0. The van der Waals surface area contributed by atoms with E-state index < -0.39 is 0 Å². The lowest BCUT2D eigenvalue weighted by atomic mass is 9.77. The van der Waals surface area contributed by atoms with Gasteiger partial charge in [-0.25, -0.2) is 0 Å². The number of rotatable bonds is 4. The molecule has 0 radical (unpaired) electrons. The Morgan fingerprint density at radius 2 is 2.10 bits per heavy atom. The van der Waals surface area contributed by atoms with Crippen LogP contribution in [0.4, 0.5) is 0 Å². The second-order valence-electron chi connectivity index (χ2n) is 6.08. The average molecular weight is 272 g/mol. The van der Waals surface area contributed by atoms with Gasteiger partial charge in [-0.1, -0.05) is 18.2 Å². The molecule has 2 aliphatic rings. The van der Waals surface area contributed by atoms with Crippen molar-refractivity contribution in [2.75, 3.05) is 13.7 Å². The minimum Gasteiger partial charge on any atom is -0.497 e. The Kier molecular flexibility index (Phi) is 3.81. The molecule has 2 aliphatic carbocycles. The normalized spacial score (nSPS) is 25.7. The van der Waals surface area contributed by atoms with Crippen LogP contribution >= 0.6 is 0 Å². The molecule has 0 heterocycles. The monoisotopic (exact) mass is 272 g/mol. The Bertz CT molecular complexity index is 504. The zero-order valence-corrected chi connectivity index (χ0v) is 12.2. The van der Waals surface area contributed by atoms with E-state index in [1.807, 2.05) is 0 Å². The molecule has 0 saturated heterocycles. The maximum absolute atomic E-state index is 6.13. The number of methoxy groups -OCH3 is 1. The lowest BCUT2D eigenvalue weighted by Gasteiger charge is -2.40. The van der Waals surface area contributed by atoms with Crippen LogP contribution in [0.25, 0.3) is 0 Å². The largest absolute Gasteiger partial charge is 0.497 e. The summed E-state index contributed by atoms with van der Waals surface area (Å²) >= 11 is 0. The number of nitrogens with one attached hydrogen (secondary N) is 1. The minimum absolute atomic E-state index is 0.0516. The van der Waals surface area contributed by atoms with E-state index in [0.717, 1.165) is 37.9 Å². The van der Waals surface area contributed by atoms with E-state index in [4.69, 9.17) is 10.5 Å². The van der Waals surface area contributed by atoms with Crippen molar-refractivity contribution in [1.29, 1.82) is 0 Å². The SMILES string of the molecule is COc1ccc2c(c1)CC(CN)(NC1CC=CC1)CC2. The summed E-state index contributed by atoms with van der Waals surface area (Å²) in [5.74, 6) is 0.944.